The standard InChI is InChI=1S/C13H16Cl2N2O.ClH/c1-13(7-16)5-6-17(8-13)12(18)11-9(14)3-2-4-10(11)15;/h2-4H,5-8,16H2,1H3;1H. The van der Waals surface area contributed by atoms with Crippen LogP contribution in [0, 0.1) is 5.41 Å². The summed E-state index contributed by atoms with van der Waals surface area (Å²) in [5.41, 5.74) is 6.13. The molecule has 3 nitrogen and oxygen atoms in total. The van der Waals surface area contributed by atoms with Crippen LogP contribution in [0.1, 0.15) is 23.7 Å². The van der Waals surface area contributed by atoms with E-state index in [1.54, 1.807) is 23.1 Å². The van der Waals surface area contributed by atoms with Crippen molar-refractivity contribution in [2.45, 2.75) is 13.3 Å². The van der Waals surface area contributed by atoms with Gasteiger partial charge >= 0.3 is 0 Å². The third-order valence-electron chi connectivity index (χ3n) is 3.51. The Balaban J connectivity index is 0.00000180. The molecule has 6 heteroatoms. The minimum Gasteiger partial charge on any atom is -0.338 e. The summed E-state index contributed by atoms with van der Waals surface area (Å²) in [7, 11) is 0. The van der Waals surface area contributed by atoms with Crippen molar-refractivity contribution in [1.82, 2.24) is 4.90 Å². The third-order valence-corrected chi connectivity index (χ3v) is 4.14. The number of hydrogen-bond acceptors (Lipinski definition) is 2. The van der Waals surface area contributed by atoms with E-state index in [0.29, 0.717) is 35.2 Å². The van der Waals surface area contributed by atoms with Gasteiger partial charge in [-0.05, 0) is 30.5 Å². The molecule has 2 rings (SSSR count). The fourth-order valence-electron chi connectivity index (χ4n) is 2.22. The zero-order valence-electron chi connectivity index (χ0n) is 10.7. The number of rotatable bonds is 2. The first-order valence-electron chi connectivity index (χ1n) is 5.90. The van der Waals surface area contributed by atoms with Crippen LogP contribution in [0.2, 0.25) is 10.0 Å². The zero-order valence-corrected chi connectivity index (χ0v) is 13.0. The van der Waals surface area contributed by atoms with Gasteiger partial charge in [0.15, 0.2) is 0 Å². The topological polar surface area (TPSA) is 46.3 Å². The van der Waals surface area contributed by atoms with Gasteiger partial charge in [-0.2, -0.15) is 0 Å². The third kappa shape index (κ3) is 3.34. The van der Waals surface area contributed by atoms with Crippen molar-refractivity contribution in [2.75, 3.05) is 19.6 Å². The highest BCUT2D eigenvalue weighted by Gasteiger charge is 2.36. The Morgan fingerprint density at radius 3 is 2.47 bits per heavy atom. The van der Waals surface area contributed by atoms with Gasteiger partial charge in [-0.25, -0.2) is 0 Å². The minimum atomic E-state index is -0.109. The van der Waals surface area contributed by atoms with Gasteiger partial charge in [0.2, 0.25) is 0 Å². The maximum atomic E-state index is 12.4. The summed E-state index contributed by atoms with van der Waals surface area (Å²) in [5, 5.41) is 0.794. The number of nitrogens with zero attached hydrogens (tertiary/aromatic N) is 1. The lowest BCUT2D eigenvalue weighted by Crippen LogP contribution is -2.34. The van der Waals surface area contributed by atoms with Gasteiger partial charge in [0.05, 0.1) is 15.6 Å². The normalized spacial score (nSPS) is 22.2. The fraction of sp³-hybridized carbons (Fsp3) is 0.462. The molecule has 0 aliphatic carbocycles. The molecule has 1 saturated heterocycles. The first-order chi connectivity index (χ1) is 8.47. The van der Waals surface area contributed by atoms with Gasteiger partial charge < -0.3 is 10.6 Å². The van der Waals surface area contributed by atoms with Crippen LogP contribution in [0.4, 0.5) is 0 Å². The van der Waals surface area contributed by atoms with E-state index in [0.717, 1.165) is 6.42 Å². The molecule has 0 bridgehead atoms. The van der Waals surface area contributed by atoms with Crippen molar-refractivity contribution >= 4 is 41.5 Å². The predicted molar refractivity (Wildman–Crippen MR) is 81.4 cm³/mol. The van der Waals surface area contributed by atoms with Crippen molar-refractivity contribution in [3.05, 3.63) is 33.8 Å². The van der Waals surface area contributed by atoms with E-state index in [9.17, 15) is 4.79 Å². The van der Waals surface area contributed by atoms with Crippen molar-refractivity contribution < 1.29 is 4.79 Å². The number of carbonyl (C=O) groups excluding carboxylic acids is 1. The first-order valence-corrected chi connectivity index (χ1v) is 6.66. The molecular weight excluding hydrogens is 307 g/mol. The summed E-state index contributed by atoms with van der Waals surface area (Å²) in [4.78, 5) is 14.2. The van der Waals surface area contributed by atoms with E-state index < -0.39 is 0 Å². The van der Waals surface area contributed by atoms with Crippen LogP contribution < -0.4 is 5.73 Å². The lowest BCUT2D eigenvalue weighted by molar-refractivity contribution is 0.0777. The molecule has 0 aromatic heterocycles. The molecule has 1 fully saturated rings. The largest absolute Gasteiger partial charge is 0.338 e. The highest BCUT2D eigenvalue weighted by atomic mass is 35.5. The smallest absolute Gasteiger partial charge is 0.256 e. The Morgan fingerprint density at radius 1 is 1.42 bits per heavy atom. The SMILES string of the molecule is CC1(CN)CCN(C(=O)c2c(Cl)cccc2Cl)C1.Cl. The highest BCUT2D eigenvalue weighted by Crippen LogP contribution is 2.32. The summed E-state index contributed by atoms with van der Waals surface area (Å²) in [6.45, 7) is 4.03. The number of benzene rings is 1. The summed E-state index contributed by atoms with van der Waals surface area (Å²) in [6.07, 6.45) is 0.914. The van der Waals surface area contributed by atoms with Crippen LogP contribution in [0.25, 0.3) is 0 Å². The van der Waals surface area contributed by atoms with E-state index in [1.165, 1.54) is 0 Å². The Morgan fingerprint density at radius 2 is 2.00 bits per heavy atom. The number of likely N-dealkylation sites (tertiary alicyclic amines) is 1. The average molecular weight is 324 g/mol. The summed E-state index contributed by atoms with van der Waals surface area (Å²) >= 11 is 12.1. The molecular formula is C13H17Cl3N2O. The number of carbonyl (C=O) groups is 1. The number of halogens is 3. The molecule has 1 amide bonds. The van der Waals surface area contributed by atoms with Crippen molar-refractivity contribution in [3.63, 3.8) is 0 Å². The van der Waals surface area contributed by atoms with Gasteiger partial charge in [0.1, 0.15) is 0 Å². The number of amides is 1. The van der Waals surface area contributed by atoms with Crippen molar-refractivity contribution in [2.24, 2.45) is 11.1 Å². The van der Waals surface area contributed by atoms with Gasteiger partial charge in [-0.3, -0.25) is 4.79 Å². The van der Waals surface area contributed by atoms with Gasteiger partial charge in [-0.1, -0.05) is 36.2 Å². The fourth-order valence-corrected chi connectivity index (χ4v) is 2.78. The monoisotopic (exact) mass is 322 g/mol. The highest BCUT2D eigenvalue weighted by molar-refractivity contribution is 6.39. The summed E-state index contributed by atoms with van der Waals surface area (Å²) in [6, 6.07) is 5.09. The van der Waals surface area contributed by atoms with Gasteiger partial charge in [-0.15, -0.1) is 12.4 Å². The number of nitrogens with two attached hydrogens (primary N) is 1. The van der Waals surface area contributed by atoms with Crippen LogP contribution in [-0.2, 0) is 0 Å². The summed E-state index contributed by atoms with van der Waals surface area (Å²) < 4.78 is 0. The van der Waals surface area contributed by atoms with E-state index in [4.69, 9.17) is 28.9 Å². The van der Waals surface area contributed by atoms with Crippen LogP contribution in [0.15, 0.2) is 18.2 Å². The van der Waals surface area contributed by atoms with Gasteiger partial charge in [0.25, 0.3) is 5.91 Å². The van der Waals surface area contributed by atoms with E-state index in [-0.39, 0.29) is 23.7 Å². The zero-order chi connectivity index (χ0) is 13.3. The molecule has 19 heavy (non-hydrogen) atoms. The quantitative estimate of drug-likeness (QED) is 0.908. The molecule has 1 aliphatic heterocycles. The molecule has 1 aromatic rings. The van der Waals surface area contributed by atoms with Crippen LogP contribution in [-0.4, -0.2) is 30.4 Å². The Bertz CT molecular complexity index is 461. The molecule has 0 saturated carbocycles. The molecule has 0 spiro atoms. The molecule has 2 N–H and O–H groups in total. The van der Waals surface area contributed by atoms with E-state index in [2.05, 4.69) is 6.92 Å². The maximum absolute atomic E-state index is 12.4. The van der Waals surface area contributed by atoms with Crippen LogP contribution in [0.3, 0.4) is 0 Å². The molecule has 1 unspecified atom stereocenters. The van der Waals surface area contributed by atoms with E-state index in [1.807, 2.05) is 0 Å². The molecule has 1 atom stereocenters. The first kappa shape index (κ1) is 16.6. The summed E-state index contributed by atoms with van der Waals surface area (Å²) in [5.74, 6) is -0.109. The Kier molecular flexibility index (Phi) is 5.51. The maximum Gasteiger partial charge on any atom is 0.256 e. The van der Waals surface area contributed by atoms with Crippen molar-refractivity contribution in [1.29, 1.82) is 0 Å². The van der Waals surface area contributed by atoms with Crippen LogP contribution in [0.5, 0.6) is 0 Å². The minimum absolute atomic E-state index is 0. The number of hydrogen-bond donors (Lipinski definition) is 1. The second-order valence-corrected chi connectivity index (χ2v) is 5.90. The average Bonchev–Trinajstić information content (AvgIpc) is 2.72. The van der Waals surface area contributed by atoms with E-state index >= 15 is 0 Å². The lowest BCUT2D eigenvalue weighted by Gasteiger charge is -2.23. The van der Waals surface area contributed by atoms with Crippen molar-refractivity contribution in [3.8, 4) is 0 Å². The molecule has 1 aliphatic rings. The lowest BCUT2D eigenvalue weighted by atomic mass is 9.90. The molecule has 106 valence electrons. The second-order valence-electron chi connectivity index (χ2n) is 5.09. The second kappa shape index (κ2) is 6.31. The predicted octanol–water partition coefficient (Wildman–Crippen LogP) is 3.23. The molecule has 1 heterocycles. The van der Waals surface area contributed by atoms with Crippen LogP contribution >= 0.6 is 35.6 Å². The molecule has 1 aromatic carbocycles. The van der Waals surface area contributed by atoms with Gasteiger partial charge in [0, 0.05) is 13.1 Å². The Labute approximate surface area is 129 Å². The Hall–Kier alpha value is -0.480. The molecule has 0 radical (unpaired) electrons.